The minimum Gasteiger partial charge on any atom is -0.437 e. The Kier molecular flexibility index (Phi) is 3.51. The van der Waals surface area contributed by atoms with Crippen LogP contribution in [0.1, 0.15) is 5.56 Å². The quantitative estimate of drug-likeness (QED) is 0.381. The van der Waals surface area contributed by atoms with E-state index in [1.165, 1.54) is 18.3 Å². The Morgan fingerprint density at radius 2 is 2.05 bits per heavy atom. The summed E-state index contributed by atoms with van der Waals surface area (Å²) in [6.45, 7) is 0. The van der Waals surface area contributed by atoms with Crippen molar-refractivity contribution in [2.45, 2.75) is 0 Å². The van der Waals surface area contributed by atoms with Crippen molar-refractivity contribution in [3.63, 3.8) is 0 Å². The molecule has 2 aromatic rings. The predicted molar refractivity (Wildman–Crippen MR) is 61.0 cm³/mol. The van der Waals surface area contributed by atoms with Crippen LogP contribution >= 0.6 is 0 Å². The molecule has 0 bridgehead atoms. The fourth-order valence-corrected chi connectivity index (χ4v) is 1.29. The molecule has 3 N–H and O–H groups in total. The monoisotopic (exact) mass is 266 g/mol. The smallest absolute Gasteiger partial charge is 0.250 e. The number of hydrogen-bond acceptors (Lipinski definition) is 5. The summed E-state index contributed by atoms with van der Waals surface area (Å²) in [6, 6.07) is 4.37. The molecule has 98 valence electrons. The molecule has 0 aliphatic rings. The fraction of sp³-hybridized carbons (Fsp3) is 0. The lowest BCUT2D eigenvalue weighted by Gasteiger charge is -2.08. The third-order valence-corrected chi connectivity index (χ3v) is 2.18. The van der Waals surface area contributed by atoms with Crippen molar-refractivity contribution in [2.75, 3.05) is 0 Å². The van der Waals surface area contributed by atoms with Gasteiger partial charge in [-0.25, -0.2) is 8.78 Å². The molecule has 19 heavy (non-hydrogen) atoms. The van der Waals surface area contributed by atoms with Gasteiger partial charge in [-0.3, -0.25) is 0 Å². The number of amidine groups is 1. The Morgan fingerprint density at radius 3 is 2.74 bits per heavy atom. The maximum atomic E-state index is 13.0. The average molecular weight is 266 g/mol. The van der Waals surface area contributed by atoms with Gasteiger partial charge in [0.15, 0.2) is 17.5 Å². The van der Waals surface area contributed by atoms with E-state index in [1.54, 1.807) is 0 Å². The second-order valence-corrected chi connectivity index (χ2v) is 3.41. The van der Waals surface area contributed by atoms with Crippen molar-refractivity contribution in [2.24, 2.45) is 10.9 Å². The second kappa shape index (κ2) is 5.25. The van der Waals surface area contributed by atoms with E-state index < -0.39 is 11.6 Å². The Bertz CT molecular complexity index is 634. The van der Waals surface area contributed by atoms with Crippen molar-refractivity contribution in [1.82, 2.24) is 10.2 Å². The molecule has 0 aliphatic heterocycles. The van der Waals surface area contributed by atoms with Gasteiger partial charge < -0.3 is 15.7 Å². The van der Waals surface area contributed by atoms with Gasteiger partial charge in [-0.2, -0.15) is 5.10 Å². The van der Waals surface area contributed by atoms with Crippen LogP contribution in [0.3, 0.4) is 0 Å². The number of hydrogen-bond donors (Lipinski definition) is 2. The summed E-state index contributed by atoms with van der Waals surface area (Å²) in [7, 11) is 0. The van der Waals surface area contributed by atoms with E-state index in [4.69, 9.17) is 15.7 Å². The number of aromatic nitrogens is 2. The predicted octanol–water partition coefficient (Wildman–Crippen LogP) is 1.64. The molecule has 0 radical (unpaired) electrons. The van der Waals surface area contributed by atoms with Crippen molar-refractivity contribution < 1.29 is 18.7 Å². The van der Waals surface area contributed by atoms with Crippen molar-refractivity contribution in [3.8, 4) is 11.6 Å². The molecular weight excluding hydrogens is 258 g/mol. The zero-order chi connectivity index (χ0) is 13.8. The SMILES string of the molecule is N/C(=N/O)c1ccnnc1Oc1ccc(F)c(F)c1. The molecule has 0 spiro atoms. The van der Waals surface area contributed by atoms with E-state index in [2.05, 4.69) is 15.4 Å². The first-order valence-corrected chi connectivity index (χ1v) is 5.04. The number of rotatable bonds is 3. The van der Waals surface area contributed by atoms with E-state index in [9.17, 15) is 8.78 Å². The first kappa shape index (κ1) is 12.7. The van der Waals surface area contributed by atoms with Crippen LogP contribution in [0, 0.1) is 11.6 Å². The van der Waals surface area contributed by atoms with Crippen molar-refractivity contribution >= 4 is 5.84 Å². The minimum atomic E-state index is -1.06. The van der Waals surface area contributed by atoms with E-state index in [1.807, 2.05) is 0 Å². The molecule has 0 unspecified atom stereocenters. The summed E-state index contributed by atoms with van der Waals surface area (Å²) in [4.78, 5) is 0. The molecule has 0 saturated heterocycles. The highest BCUT2D eigenvalue weighted by Gasteiger charge is 2.12. The topological polar surface area (TPSA) is 93.6 Å². The van der Waals surface area contributed by atoms with Gasteiger partial charge in [0.05, 0.1) is 11.8 Å². The van der Waals surface area contributed by atoms with Gasteiger partial charge in [0.2, 0.25) is 5.88 Å². The standard InChI is InChI=1S/C11H8F2N4O2/c12-8-2-1-6(5-9(8)13)19-11-7(10(14)17-18)3-4-15-16-11/h1-5,18H,(H2,14,17). The van der Waals surface area contributed by atoms with E-state index >= 15 is 0 Å². The van der Waals surface area contributed by atoms with Gasteiger partial charge >= 0.3 is 0 Å². The molecule has 0 aliphatic carbocycles. The number of ether oxygens (including phenoxy) is 1. The number of benzene rings is 1. The Hall–Kier alpha value is -2.77. The molecule has 8 heteroatoms. The van der Waals surface area contributed by atoms with Crippen LogP contribution in [0.4, 0.5) is 8.78 Å². The van der Waals surface area contributed by atoms with E-state index in [0.29, 0.717) is 0 Å². The maximum Gasteiger partial charge on any atom is 0.250 e. The molecule has 1 aromatic heterocycles. The third-order valence-electron chi connectivity index (χ3n) is 2.18. The molecule has 0 atom stereocenters. The lowest BCUT2D eigenvalue weighted by Crippen LogP contribution is -2.15. The first-order valence-electron chi connectivity index (χ1n) is 5.04. The highest BCUT2D eigenvalue weighted by molar-refractivity contribution is 5.98. The van der Waals surface area contributed by atoms with Gasteiger partial charge in [-0.05, 0) is 18.2 Å². The molecular formula is C11H8F2N4O2. The van der Waals surface area contributed by atoms with Crippen LogP contribution in [0.2, 0.25) is 0 Å². The van der Waals surface area contributed by atoms with E-state index in [-0.39, 0.29) is 23.0 Å². The molecule has 0 amide bonds. The molecule has 1 aromatic carbocycles. The van der Waals surface area contributed by atoms with Crippen LogP contribution in [-0.2, 0) is 0 Å². The highest BCUT2D eigenvalue weighted by Crippen LogP contribution is 2.23. The number of nitrogens with two attached hydrogens (primary N) is 1. The van der Waals surface area contributed by atoms with Gasteiger partial charge in [0, 0.05) is 6.07 Å². The Labute approximate surface area is 106 Å². The summed E-state index contributed by atoms with van der Waals surface area (Å²) in [5.41, 5.74) is 5.59. The lowest BCUT2D eigenvalue weighted by atomic mass is 10.2. The average Bonchev–Trinajstić information content (AvgIpc) is 2.43. The normalized spacial score (nSPS) is 11.4. The van der Waals surface area contributed by atoms with Crippen molar-refractivity contribution in [1.29, 1.82) is 0 Å². The first-order chi connectivity index (χ1) is 9.11. The highest BCUT2D eigenvalue weighted by atomic mass is 19.2. The number of nitrogens with zero attached hydrogens (tertiary/aromatic N) is 3. The molecule has 1 heterocycles. The number of halogens is 2. The molecule has 0 fully saturated rings. The molecule has 0 saturated carbocycles. The second-order valence-electron chi connectivity index (χ2n) is 3.41. The maximum absolute atomic E-state index is 13.0. The van der Waals surface area contributed by atoms with Crippen LogP contribution in [0.15, 0.2) is 35.6 Å². The summed E-state index contributed by atoms with van der Waals surface area (Å²) in [5, 5.41) is 18.6. The minimum absolute atomic E-state index is 0.00592. The van der Waals surface area contributed by atoms with Gasteiger partial charge in [-0.1, -0.05) is 5.16 Å². The molecule has 2 rings (SSSR count). The van der Waals surface area contributed by atoms with Gasteiger partial charge in [-0.15, -0.1) is 5.10 Å². The van der Waals surface area contributed by atoms with Gasteiger partial charge in [0.1, 0.15) is 5.75 Å². The Balaban J connectivity index is 2.35. The van der Waals surface area contributed by atoms with Crippen molar-refractivity contribution in [3.05, 3.63) is 47.7 Å². The van der Waals surface area contributed by atoms with Crippen LogP contribution in [0.25, 0.3) is 0 Å². The summed E-state index contributed by atoms with van der Waals surface area (Å²) < 4.78 is 31.0. The van der Waals surface area contributed by atoms with Gasteiger partial charge in [0.25, 0.3) is 0 Å². The van der Waals surface area contributed by atoms with E-state index in [0.717, 1.165) is 12.1 Å². The van der Waals surface area contributed by atoms with Crippen LogP contribution in [-0.4, -0.2) is 21.2 Å². The summed E-state index contributed by atoms with van der Waals surface area (Å²) >= 11 is 0. The molecule has 6 nitrogen and oxygen atoms in total. The largest absolute Gasteiger partial charge is 0.437 e. The lowest BCUT2D eigenvalue weighted by molar-refractivity contribution is 0.318. The van der Waals surface area contributed by atoms with Crippen LogP contribution < -0.4 is 10.5 Å². The summed E-state index contributed by atoms with van der Waals surface area (Å²) in [5.74, 6) is -2.39. The summed E-state index contributed by atoms with van der Waals surface area (Å²) in [6.07, 6.45) is 1.31. The zero-order valence-electron chi connectivity index (χ0n) is 9.42. The van der Waals surface area contributed by atoms with Crippen LogP contribution in [0.5, 0.6) is 11.6 Å². The third kappa shape index (κ3) is 2.73. The number of oxime groups is 1. The fourth-order valence-electron chi connectivity index (χ4n) is 1.29. The Morgan fingerprint density at radius 1 is 1.26 bits per heavy atom. The zero-order valence-corrected chi connectivity index (χ0v) is 9.42.